The second-order valence-electron chi connectivity index (χ2n) is 8.82. The number of thioether (sulfide) groups is 1. The highest BCUT2D eigenvalue weighted by Crippen LogP contribution is 2.44. The average molecular weight is 558 g/mol. The summed E-state index contributed by atoms with van der Waals surface area (Å²) < 4.78 is 16.1. The molecule has 5 aromatic rings. The van der Waals surface area contributed by atoms with Gasteiger partial charge in [0.15, 0.2) is 10.1 Å². The van der Waals surface area contributed by atoms with Gasteiger partial charge in [-0.25, -0.2) is 9.37 Å². The number of hydrogen-bond donors (Lipinski definition) is 1. The Kier molecular flexibility index (Phi) is 6.45. The quantitative estimate of drug-likeness (QED) is 0.0960. The van der Waals surface area contributed by atoms with Crippen LogP contribution in [0.4, 0.5) is 9.52 Å². The van der Waals surface area contributed by atoms with Crippen molar-refractivity contribution in [3.8, 4) is 0 Å². The molecule has 2 aromatic carbocycles. The molecule has 0 radical (unpaired) electrons. The topological polar surface area (TPSA) is 101 Å². The molecule has 1 saturated heterocycles. The monoisotopic (exact) mass is 557 g/mol. The van der Waals surface area contributed by atoms with Crippen LogP contribution < -0.4 is 4.90 Å². The number of imidazole rings is 1. The lowest BCUT2D eigenvalue weighted by molar-refractivity contribution is -0.132. The van der Waals surface area contributed by atoms with Crippen LogP contribution in [0.3, 0.4) is 0 Å². The minimum atomic E-state index is -1.04. The molecule has 0 saturated carbocycles. The Balaban J connectivity index is 1.45. The minimum absolute atomic E-state index is 0.131. The molecule has 8 nitrogen and oxygen atoms in total. The van der Waals surface area contributed by atoms with Crippen molar-refractivity contribution in [2.24, 2.45) is 0 Å². The Labute approximate surface area is 230 Å². The third-order valence-corrected chi connectivity index (χ3v) is 8.49. The van der Waals surface area contributed by atoms with Gasteiger partial charge in [-0.1, -0.05) is 71.6 Å². The van der Waals surface area contributed by atoms with Crippen LogP contribution in [-0.4, -0.2) is 36.4 Å². The number of aryl methyl sites for hydroxylation is 1. The van der Waals surface area contributed by atoms with E-state index in [1.807, 2.05) is 36.4 Å². The van der Waals surface area contributed by atoms with Crippen molar-refractivity contribution in [1.82, 2.24) is 19.6 Å². The van der Waals surface area contributed by atoms with Gasteiger partial charge >= 0.3 is 5.91 Å². The van der Waals surface area contributed by atoms with Crippen LogP contribution in [0, 0.1) is 12.7 Å². The molecule has 1 aliphatic heterocycles. The molecule has 1 unspecified atom stereocenters. The van der Waals surface area contributed by atoms with E-state index in [0.29, 0.717) is 32.7 Å². The zero-order valence-corrected chi connectivity index (χ0v) is 22.1. The van der Waals surface area contributed by atoms with Gasteiger partial charge in [-0.3, -0.25) is 18.9 Å². The Morgan fingerprint density at radius 3 is 2.54 bits per heavy atom. The molecule has 1 N–H and O–H groups in total. The number of aliphatic hydroxyl groups excluding tert-OH is 1. The molecule has 11 heteroatoms. The highest BCUT2D eigenvalue weighted by molar-refractivity contribution is 8.00. The number of carbonyl (C=O) groups excluding carboxylic acids is 2. The molecule has 39 heavy (non-hydrogen) atoms. The van der Waals surface area contributed by atoms with Gasteiger partial charge < -0.3 is 5.11 Å². The van der Waals surface area contributed by atoms with Gasteiger partial charge in [-0.2, -0.15) is 0 Å². The maximum absolute atomic E-state index is 13.8. The predicted molar refractivity (Wildman–Crippen MR) is 147 cm³/mol. The van der Waals surface area contributed by atoms with E-state index in [-0.39, 0.29) is 16.5 Å². The standard InChI is InChI=1S/C28H20FN5O3S2/c1-16-22(33-14-6-5-9-20(33)30-16)24(35)21-23(18-10-12-19(29)13-11-18)34(26(37)25(21)36)27-31-32-28(39-27)38-15-17-7-3-2-4-8-17/h2-14,23,35H,15H2,1H3/b24-21+. The van der Waals surface area contributed by atoms with Gasteiger partial charge in [0.05, 0.1) is 17.3 Å². The number of Topliss-reactive ketones (excluding diaryl/α,β-unsaturated/α-hetero) is 1. The van der Waals surface area contributed by atoms with Gasteiger partial charge in [0.1, 0.15) is 17.2 Å². The lowest BCUT2D eigenvalue weighted by atomic mass is 9.96. The molecular weight excluding hydrogens is 537 g/mol. The first-order valence-electron chi connectivity index (χ1n) is 11.9. The van der Waals surface area contributed by atoms with Crippen molar-refractivity contribution >= 4 is 51.3 Å². The zero-order chi connectivity index (χ0) is 27.1. The molecular formula is C28H20FN5O3S2. The van der Waals surface area contributed by atoms with Crippen molar-refractivity contribution in [3.05, 3.63) is 113 Å². The Hall–Kier alpha value is -4.35. The Morgan fingerprint density at radius 1 is 1.03 bits per heavy atom. The first-order chi connectivity index (χ1) is 18.9. The fourth-order valence-electron chi connectivity index (χ4n) is 4.59. The number of anilines is 1. The lowest BCUT2D eigenvalue weighted by Gasteiger charge is -2.22. The van der Waals surface area contributed by atoms with Crippen LogP contribution in [0.25, 0.3) is 11.4 Å². The van der Waals surface area contributed by atoms with Crippen LogP contribution in [0.5, 0.6) is 0 Å². The van der Waals surface area contributed by atoms with E-state index in [4.69, 9.17) is 0 Å². The molecule has 1 aliphatic rings. The van der Waals surface area contributed by atoms with E-state index in [0.717, 1.165) is 5.56 Å². The Bertz CT molecular complexity index is 1750. The summed E-state index contributed by atoms with van der Waals surface area (Å²) in [6, 6.07) is 19.6. The van der Waals surface area contributed by atoms with E-state index in [1.54, 1.807) is 29.7 Å². The van der Waals surface area contributed by atoms with E-state index in [9.17, 15) is 19.1 Å². The number of nitrogens with zero attached hydrogens (tertiary/aromatic N) is 5. The molecule has 4 heterocycles. The smallest absolute Gasteiger partial charge is 0.301 e. The average Bonchev–Trinajstić information content (AvgIpc) is 3.62. The summed E-state index contributed by atoms with van der Waals surface area (Å²) in [6.07, 6.45) is 1.72. The highest BCUT2D eigenvalue weighted by Gasteiger charge is 2.48. The van der Waals surface area contributed by atoms with Gasteiger partial charge in [0, 0.05) is 11.9 Å². The largest absolute Gasteiger partial charge is 0.505 e. The van der Waals surface area contributed by atoms with Crippen molar-refractivity contribution in [2.75, 3.05) is 4.90 Å². The first kappa shape index (κ1) is 25.0. The second-order valence-corrected chi connectivity index (χ2v) is 11.0. The van der Waals surface area contributed by atoms with Crippen LogP contribution in [0.1, 0.15) is 28.6 Å². The number of aromatic nitrogens is 4. The van der Waals surface area contributed by atoms with Crippen LogP contribution in [0.2, 0.25) is 0 Å². The zero-order valence-electron chi connectivity index (χ0n) is 20.5. The molecule has 0 spiro atoms. The summed E-state index contributed by atoms with van der Waals surface area (Å²) in [5, 5.41) is 20.2. The third-order valence-electron chi connectivity index (χ3n) is 6.37. The number of fused-ring (bicyclic) bond motifs is 1. The number of ketones is 1. The number of amides is 1. The summed E-state index contributed by atoms with van der Waals surface area (Å²) >= 11 is 2.63. The highest BCUT2D eigenvalue weighted by atomic mass is 32.2. The van der Waals surface area contributed by atoms with E-state index in [2.05, 4.69) is 15.2 Å². The fourth-order valence-corrected chi connectivity index (χ4v) is 6.42. The molecule has 0 aliphatic carbocycles. The van der Waals surface area contributed by atoms with Crippen LogP contribution >= 0.6 is 23.1 Å². The molecule has 1 fully saturated rings. The van der Waals surface area contributed by atoms with Crippen molar-refractivity contribution in [3.63, 3.8) is 0 Å². The predicted octanol–water partition coefficient (Wildman–Crippen LogP) is 5.55. The molecule has 3 aromatic heterocycles. The third kappa shape index (κ3) is 4.49. The summed E-state index contributed by atoms with van der Waals surface area (Å²) in [5.41, 5.74) is 2.78. The number of benzene rings is 2. The van der Waals surface area contributed by atoms with E-state index in [1.165, 1.54) is 52.3 Å². The first-order valence-corrected chi connectivity index (χ1v) is 13.7. The number of aliphatic hydroxyl groups is 1. The molecule has 1 atom stereocenters. The summed E-state index contributed by atoms with van der Waals surface area (Å²) in [5.74, 6) is -1.91. The van der Waals surface area contributed by atoms with Crippen molar-refractivity contribution < 1.29 is 19.1 Å². The van der Waals surface area contributed by atoms with Crippen molar-refractivity contribution in [1.29, 1.82) is 0 Å². The van der Waals surface area contributed by atoms with Gasteiger partial charge in [0.25, 0.3) is 5.78 Å². The molecule has 194 valence electrons. The number of hydrogen-bond acceptors (Lipinski definition) is 8. The second kappa shape index (κ2) is 10.1. The molecule has 6 rings (SSSR count). The number of rotatable bonds is 6. The van der Waals surface area contributed by atoms with Crippen LogP contribution in [-0.2, 0) is 15.3 Å². The fraction of sp³-hybridized carbons (Fsp3) is 0.107. The number of pyridine rings is 1. The van der Waals surface area contributed by atoms with Crippen molar-refractivity contribution in [2.45, 2.75) is 23.1 Å². The van der Waals surface area contributed by atoms with Gasteiger partial charge in [0.2, 0.25) is 5.13 Å². The molecule has 1 amide bonds. The lowest BCUT2D eigenvalue weighted by Crippen LogP contribution is -2.29. The van der Waals surface area contributed by atoms with E-state index < -0.39 is 23.5 Å². The normalized spacial score (nSPS) is 16.9. The summed E-state index contributed by atoms with van der Waals surface area (Å²) in [7, 11) is 0. The van der Waals surface area contributed by atoms with Crippen LogP contribution in [0.15, 0.2) is 88.9 Å². The maximum Gasteiger partial charge on any atom is 0.301 e. The summed E-state index contributed by atoms with van der Waals surface area (Å²) in [4.78, 5) is 32.6. The Morgan fingerprint density at radius 2 is 1.77 bits per heavy atom. The van der Waals surface area contributed by atoms with E-state index >= 15 is 0 Å². The number of halogens is 1. The number of carbonyl (C=O) groups is 2. The molecule has 0 bridgehead atoms. The SMILES string of the molecule is Cc1nc2ccccn2c1/C(O)=C1\C(=O)C(=O)N(c2nnc(SCc3ccccc3)s2)C1c1ccc(F)cc1. The maximum atomic E-state index is 13.8. The van der Waals surface area contributed by atoms with Gasteiger partial charge in [-0.15, -0.1) is 10.2 Å². The minimum Gasteiger partial charge on any atom is -0.505 e. The summed E-state index contributed by atoms with van der Waals surface area (Å²) in [6.45, 7) is 1.71. The van der Waals surface area contributed by atoms with Gasteiger partial charge in [-0.05, 0) is 42.3 Å².